The molecular formula is C21H22Cl3N3O11S. The Morgan fingerprint density at radius 3 is 1.38 bits per heavy atom. The van der Waals surface area contributed by atoms with Crippen molar-refractivity contribution in [2.75, 3.05) is 0 Å². The molecule has 0 aliphatic carbocycles. The van der Waals surface area contributed by atoms with Crippen LogP contribution in [0, 0.1) is 51.1 Å². The maximum absolute atomic E-state index is 10.3. The van der Waals surface area contributed by atoms with E-state index >= 15 is 0 Å². The summed E-state index contributed by atoms with van der Waals surface area (Å²) in [7, 11) is -4.67. The molecule has 214 valence electrons. The van der Waals surface area contributed by atoms with Gasteiger partial charge < -0.3 is 5.21 Å². The number of aryl methyl sites for hydroxylation is 3. The van der Waals surface area contributed by atoms with Crippen molar-refractivity contribution in [3.05, 3.63) is 123 Å². The van der Waals surface area contributed by atoms with E-state index in [9.17, 15) is 20.2 Å². The first kappa shape index (κ1) is 37.6. The molecule has 0 heterocycles. The molecule has 3 rings (SSSR count). The number of halogens is 3. The normalized spacial score (nSPS) is 9.44. The molecule has 3 aromatic rings. The van der Waals surface area contributed by atoms with Crippen LogP contribution in [-0.2, 0) is 10.4 Å². The standard InChI is InChI=1S/2C7H6ClNO2.C7H7Cl.HNO3.H2O4S/c1-5-2-3-6(8)4-7(5)9(10)11;1-5-2-3-6(8)7(4-5)9(10)11;1-6-2-4-7(8)5-3-6;2-1(3)4;1-5(2,3)4/h2*2-4H,1H3;2-5H,1H3;(H,2,3,4);(H2,1,2,3,4). The summed E-state index contributed by atoms with van der Waals surface area (Å²) in [4.78, 5) is 28.0. The molecule has 3 aromatic carbocycles. The second kappa shape index (κ2) is 18.6. The molecule has 0 aromatic heterocycles. The Morgan fingerprint density at radius 2 is 1.05 bits per heavy atom. The summed E-state index contributed by atoms with van der Waals surface area (Å²) in [6.45, 7) is 5.49. The van der Waals surface area contributed by atoms with E-state index in [2.05, 4.69) is 0 Å². The van der Waals surface area contributed by atoms with Crippen molar-refractivity contribution in [1.29, 1.82) is 0 Å². The third kappa shape index (κ3) is 22.1. The van der Waals surface area contributed by atoms with Gasteiger partial charge >= 0.3 is 10.4 Å². The zero-order chi connectivity index (χ0) is 30.9. The van der Waals surface area contributed by atoms with Crippen LogP contribution in [0.4, 0.5) is 11.4 Å². The van der Waals surface area contributed by atoms with Gasteiger partial charge in [-0.3, -0.25) is 29.3 Å². The zero-order valence-corrected chi connectivity index (χ0v) is 23.3. The number of benzene rings is 3. The third-order valence-electron chi connectivity index (χ3n) is 3.68. The summed E-state index contributed by atoms with van der Waals surface area (Å²) in [6.07, 6.45) is 0. The molecule has 14 nitrogen and oxygen atoms in total. The number of rotatable bonds is 2. The van der Waals surface area contributed by atoms with Crippen molar-refractivity contribution in [3.8, 4) is 0 Å². The number of nitrogens with zero attached hydrogens (tertiary/aromatic N) is 3. The minimum Gasteiger partial charge on any atom is -0.328 e. The van der Waals surface area contributed by atoms with Crippen molar-refractivity contribution < 1.29 is 37.7 Å². The molecule has 0 atom stereocenters. The van der Waals surface area contributed by atoms with E-state index in [0.29, 0.717) is 10.6 Å². The van der Waals surface area contributed by atoms with Crippen molar-refractivity contribution in [2.24, 2.45) is 0 Å². The molecule has 0 radical (unpaired) electrons. The van der Waals surface area contributed by atoms with E-state index in [1.165, 1.54) is 23.8 Å². The molecule has 39 heavy (non-hydrogen) atoms. The van der Waals surface area contributed by atoms with E-state index < -0.39 is 25.3 Å². The van der Waals surface area contributed by atoms with Gasteiger partial charge in [-0.05, 0) is 50.6 Å². The monoisotopic (exact) mass is 629 g/mol. The maximum atomic E-state index is 10.3. The Morgan fingerprint density at radius 1 is 0.667 bits per heavy atom. The van der Waals surface area contributed by atoms with E-state index in [4.69, 9.17) is 67.6 Å². The lowest BCUT2D eigenvalue weighted by Crippen LogP contribution is -1.90. The molecule has 3 N–H and O–H groups in total. The van der Waals surface area contributed by atoms with Crippen molar-refractivity contribution in [2.45, 2.75) is 20.8 Å². The first-order valence-electron chi connectivity index (χ1n) is 9.81. The minimum atomic E-state index is -4.67. The van der Waals surface area contributed by atoms with E-state index in [-0.39, 0.29) is 16.4 Å². The van der Waals surface area contributed by atoms with Gasteiger partial charge in [0.2, 0.25) is 0 Å². The summed E-state index contributed by atoms with van der Waals surface area (Å²) < 4.78 is 31.6. The Balaban J connectivity index is 0. The van der Waals surface area contributed by atoms with Crippen molar-refractivity contribution in [1.82, 2.24) is 0 Å². The smallest absolute Gasteiger partial charge is 0.328 e. The summed E-state index contributed by atoms with van der Waals surface area (Å²) in [6, 6.07) is 17.0. The van der Waals surface area contributed by atoms with Crippen LogP contribution < -0.4 is 0 Å². The second-order valence-corrected chi connectivity index (χ2v) is 9.06. The van der Waals surface area contributed by atoms with Crippen LogP contribution in [0.1, 0.15) is 16.7 Å². The number of hydrogen-bond donors (Lipinski definition) is 3. The molecule has 0 fully saturated rings. The van der Waals surface area contributed by atoms with E-state index in [0.717, 1.165) is 10.6 Å². The quantitative estimate of drug-likeness (QED) is 0.152. The molecule has 0 aliphatic rings. The fourth-order valence-electron chi connectivity index (χ4n) is 2.08. The van der Waals surface area contributed by atoms with E-state index in [1.54, 1.807) is 32.0 Å². The average molecular weight is 631 g/mol. The maximum Gasteiger partial charge on any atom is 0.394 e. The van der Waals surface area contributed by atoms with Gasteiger partial charge in [-0.15, -0.1) is 10.1 Å². The van der Waals surface area contributed by atoms with Crippen LogP contribution in [0.15, 0.2) is 60.7 Å². The topological polar surface area (TPSA) is 224 Å². The average Bonchev–Trinajstić information content (AvgIpc) is 2.78. The van der Waals surface area contributed by atoms with Crippen molar-refractivity contribution >= 4 is 56.6 Å². The predicted octanol–water partition coefficient (Wildman–Crippen LogP) is 6.76. The number of hydrogen-bond acceptors (Lipinski definition) is 8. The second-order valence-electron chi connectivity index (χ2n) is 6.88. The van der Waals surface area contributed by atoms with Crippen LogP contribution in [-0.4, -0.2) is 37.7 Å². The van der Waals surface area contributed by atoms with Gasteiger partial charge in [-0.2, -0.15) is 8.42 Å². The Labute approximate surface area is 237 Å². The van der Waals surface area contributed by atoms with Gasteiger partial charge in [-0.25, -0.2) is 0 Å². The van der Waals surface area contributed by atoms with Crippen LogP contribution >= 0.6 is 34.8 Å². The molecule has 0 spiro atoms. The molecule has 0 saturated heterocycles. The van der Waals surface area contributed by atoms with Crippen LogP contribution in [0.2, 0.25) is 15.1 Å². The molecule has 0 saturated carbocycles. The summed E-state index contributed by atoms with van der Waals surface area (Å²) >= 11 is 16.7. The van der Waals surface area contributed by atoms with E-state index in [1.807, 2.05) is 31.2 Å². The number of nitro groups is 2. The molecule has 0 aliphatic heterocycles. The van der Waals surface area contributed by atoms with Crippen LogP contribution in [0.3, 0.4) is 0 Å². The molecule has 0 amide bonds. The highest BCUT2D eigenvalue weighted by molar-refractivity contribution is 7.79. The first-order chi connectivity index (χ1) is 17.7. The zero-order valence-electron chi connectivity index (χ0n) is 20.3. The molecule has 0 unspecified atom stereocenters. The predicted molar refractivity (Wildman–Crippen MR) is 145 cm³/mol. The highest BCUT2D eigenvalue weighted by Crippen LogP contribution is 2.24. The van der Waals surface area contributed by atoms with Gasteiger partial charge in [0.05, 0.1) is 9.85 Å². The van der Waals surface area contributed by atoms with Gasteiger partial charge in [0.1, 0.15) is 5.02 Å². The first-order valence-corrected chi connectivity index (χ1v) is 12.3. The fraction of sp³-hybridized carbons (Fsp3) is 0.143. The highest BCUT2D eigenvalue weighted by Gasteiger charge is 2.10. The third-order valence-corrected chi connectivity index (χ3v) is 4.48. The molecule has 18 heteroatoms. The fourth-order valence-corrected chi connectivity index (χ4v) is 2.55. The lowest BCUT2D eigenvalue weighted by Gasteiger charge is -1.95. The summed E-state index contributed by atoms with van der Waals surface area (Å²) in [5.74, 6) is 0. The Kier molecular flexibility index (Phi) is 17.9. The van der Waals surface area contributed by atoms with Gasteiger partial charge in [0.15, 0.2) is 0 Å². The summed E-state index contributed by atoms with van der Waals surface area (Å²) in [5, 5.41) is 35.6. The van der Waals surface area contributed by atoms with Crippen LogP contribution in [0.25, 0.3) is 0 Å². The van der Waals surface area contributed by atoms with Crippen molar-refractivity contribution in [3.63, 3.8) is 0 Å². The SMILES string of the molecule is Cc1ccc(Cl)c([N+](=O)[O-])c1.Cc1ccc(Cl)cc1.Cc1ccc(Cl)cc1[N+](=O)[O-].O=S(=O)(O)O.O=[N+]([O-])O. The molecule has 0 bridgehead atoms. The Bertz CT molecular complexity index is 1260. The largest absolute Gasteiger partial charge is 0.394 e. The number of nitro benzene ring substituents is 2. The minimum absolute atomic E-state index is 0.0355. The van der Waals surface area contributed by atoms with Gasteiger partial charge in [0.25, 0.3) is 16.5 Å². The highest BCUT2D eigenvalue weighted by atomic mass is 35.5. The van der Waals surface area contributed by atoms with Crippen LogP contribution in [0.5, 0.6) is 0 Å². The molecular weight excluding hydrogens is 609 g/mol. The van der Waals surface area contributed by atoms with Gasteiger partial charge in [-0.1, -0.05) is 64.6 Å². The lowest BCUT2D eigenvalue weighted by atomic mass is 10.2. The summed E-state index contributed by atoms with van der Waals surface area (Å²) in [5.41, 5.74) is 2.74. The Hall–Kier alpha value is -3.60. The van der Waals surface area contributed by atoms with Gasteiger partial charge in [0, 0.05) is 27.7 Å². The lowest BCUT2D eigenvalue weighted by molar-refractivity contribution is -0.742.